The zero-order valence-electron chi connectivity index (χ0n) is 13.7. The molecule has 0 spiro atoms. The third-order valence-electron chi connectivity index (χ3n) is 4.51. The summed E-state index contributed by atoms with van der Waals surface area (Å²) in [6, 6.07) is 20.3. The summed E-state index contributed by atoms with van der Waals surface area (Å²) < 4.78 is 23.7. The Morgan fingerprint density at radius 3 is 1.88 bits per heavy atom. The number of hydrogen-bond acceptors (Lipinski definition) is 4. The molecule has 0 aromatic heterocycles. The first kappa shape index (κ1) is 15.8. The van der Waals surface area contributed by atoms with Gasteiger partial charge >= 0.3 is 0 Å². The van der Waals surface area contributed by atoms with Gasteiger partial charge in [0.25, 0.3) is 0 Å². The highest BCUT2D eigenvalue weighted by Crippen LogP contribution is 2.39. The van der Waals surface area contributed by atoms with Gasteiger partial charge in [-0.1, -0.05) is 60.7 Å². The Kier molecular flexibility index (Phi) is 4.63. The van der Waals surface area contributed by atoms with Crippen LogP contribution in [0.15, 0.2) is 60.7 Å². The van der Waals surface area contributed by atoms with Crippen molar-refractivity contribution in [3.63, 3.8) is 0 Å². The van der Waals surface area contributed by atoms with Crippen molar-refractivity contribution in [2.24, 2.45) is 0 Å². The average molecular weight is 326 g/mol. The Hall–Kier alpha value is -1.72. The van der Waals surface area contributed by atoms with Crippen molar-refractivity contribution in [3.8, 4) is 0 Å². The van der Waals surface area contributed by atoms with Gasteiger partial charge in [-0.25, -0.2) is 0 Å². The van der Waals surface area contributed by atoms with E-state index in [1.54, 1.807) is 0 Å². The summed E-state index contributed by atoms with van der Waals surface area (Å²) in [5.74, 6) is 0. The Morgan fingerprint density at radius 1 is 0.750 bits per heavy atom. The molecule has 2 aliphatic heterocycles. The molecule has 0 amide bonds. The number of ether oxygens (including phenoxy) is 4. The van der Waals surface area contributed by atoms with Gasteiger partial charge in [-0.15, -0.1) is 0 Å². The third-order valence-corrected chi connectivity index (χ3v) is 4.51. The number of fused-ring (bicyclic) bond motifs is 1. The van der Waals surface area contributed by atoms with Crippen LogP contribution in [-0.2, 0) is 32.2 Å². The number of benzene rings is 2. The normalized spacial score (nSPS) is 31.5. The van der Waals surface area contributed by atoms with Crippen LogP contribution >= 0.6 is 0 Å². The predicted molar refractivity (Wildman–Crippen MR) is 89.2 cm³/mol. The van der Waals surface area contributed by atoms with Crippen LogP contribution in [-0.4, -0.2) is 30.7 Å². The smallest absolute Gasteiger partial charge is 0.187 e. The quantitative estimate of drug-likeness (QED) is 0.764. The van der Waals surface area contributed by atoms with Crippen LogP contribution in [0.25, 0.3) is 0 Å². The fourth-order valence-corrected chi connectivity index (χ4v) is 3.15. The van der Waals surface area contributed by atoms with E-state index in [2.05, 4.69) is 24.3 Å². The predicted octanol–water partition coefficient (Wildman–Crippen LogP) is 3.30. The Bertz CT molecular complexity index is 602. The molecule has 4 rings (SSSR count). The van der Waals surface area contributed by atoms with E-state index in [9.17, 15) is 0 Å². The lowest BCUT2D eigenvalue weighted by Crippen LogP contribution is -2.49. The average Bonchev–Trinajstić information content (AvgIpc) is 3.39. The maximum absolute atomic E-state index is 6.16. The molecular weight excluding hydrogens is 304 g/mol. The van der Waals surface area contributed by atoms with Gasteiger partial charge in [-0.05, 0) is 18.1 Å². The lowest BCUT2D eigenvalue weighted by Gasteiger charge is -2.33. The molecule has 126 valence electrons. The van der Waals surface area contributed by atoms with Gasteiger partial charge in [0, 0.05) is 0 Å². The van der Waals surface area contributed by atoms with Crippen molar-refractivity contribution in [1.82, 2.24) is 0 Å². The van der Waals surface area contributed by atoms with Gasteiger partial charge < -0.3 is 18.9 Å². The van der Waals surface area contributed by atoms with Crippen LogP contribution in [0.5, 0.6) is 0 Å². The molecule has 2 heterocycles. The fraction of sp³-hybridized carbons (Fsp3) is 0.400. The number of rotatable bonds is 6. The minimum absolute atomic E-state index is 0.0225. The minimum atomic E-state index is -0.141. The molecule has 2 aromatic rings. The van der Waals surface area contributed by atoms with Gasteiger partial charge in [-0.3, -0.25) is 0 Å². The fourth-order valence-electron chi connectivity index (χ4n) is 3.15. The zero-order valence-corrected chi connectivity index (χ0v) is 13.7. The summed E-state index contributed by atoms with van der Waals surface area (Å²) in [6.45, 7) is 3.12. The van der Waals surface area contributed by atoms with Crippen LogP contribution in [0.1, 0.15) is 18.1 Å². The van der Waals surface area contributed by atoms with Gasteiger partial charge in [-0.2, -0.15) is 0 Å². The molecular formula is C20H22O4. The molecule has 2 saturated heterocycles. The Labute approximate surface area is 142 Å². The molecule has 2 fully saturated rings. The summed E-state index contributed by atoms with van der Waals surface area (Å²) in [6.07, 6.45) is -0.471. The van der Waals surface area contributed by atoms with E-state index in [0.717, 1.165) is 11.1 Å². The summed E-state index contributed by atoms with van der Waals surface area (Å²) >= 11 is 0. The van der Waals surface area contributed by atoms with Gasteiger partial charge in [0.05, 0.1) is 19.3 Å². The molecule has 24 heavy (non-hydrogen) atoms. The number of epoxide rings is 1. The van der Waals surface area contributed by atoms with Crippen LogP contribution in [0.3, 0.4) is 0 Å². The Morgan fingerprint density at radius 2 is 1.29 bits per heavy atom. The van der Waals surface area contributed by atoms with Crippen molar-refractivity contribution in [2.75, 3.05) is 0 Å². The number of hydrogen-bond donors (Lipinski definition) is 0. The van der Waals surface area contributed by atoms with Crippen LogP contribution in [0.4, 0.5) is 0 Å². The lowest BCUT2D eigenvalue weighted by molar-refractivity contribution is -0.172. The topological polar surface area (TPSA) is 40.2 Å². The van der Waals surface area contributed by atoms with Gasteiger partial charge in [0.15, 0.2) is 6.29 Å². The molecule has 4 heteroatoms. The molecule has 0 unspecified atom stereocenters. The van der Waals surface area contributed by atoms with Crippen molar-refractivity contribution < 1.29 is 18.9 Å². The summed E-state index contributed by atoms with van der Waals surface area (Å²) in [4.78, 5) is 0. The Balaban J connectivity index is 1.41. The molecule has 5 atom stereocenters. The largest absolute Gasteiger partial charge is 0.368 e. The molecule has 2 aliphatic rings. The molecule has 0 N–H and O–H groups in total. The van der Waals surface area contributed by atoms with Crippen molar-refractivity contribution >= 4 is 0 Å². The second-order valence-corrected chi connectivity index (χ2v) is 6.33. The van der Waals surface area contributed by atoms with E-state index in [0.29, 0.717) is 13.2 Å². The third kappa shape index (κ3) is 3.52. The summed E-state index contributed by atoms with van der Waals surface area (Å²) in [5.41, 5.74) is 2.29. The SMILES string of the molecule is C[C@H]1O[C@@H]2O[C@@H]2[C@@H](OCc2ccccc2)[C@H]1OCc1ccccc1. The zero-order chi connectivity index (χ0) is 16.4. The van der Waals surface area contributed by atoms with Crippen LogP contribution < -0.4 is 0 Å². The van der Waals surface area contributed by atoms with Crippen molar-refractivity contribution in [2.45, 2.75) is 50.8 Å². The van der Waals surface area contributed by atoms with Crippen molar-refractivity contribution in [3.05, 3.63) is 71.8 Å². The molecule has 4 nitrogen and oxygen atoms in total. The maximum Gasteiger partial charge on any atom is 0.187 e. The molecule has 2 aromatic carbocycles. The van der Waals surface area contributed by atoms with E-state index in [1.807, 2.05) is 43.3 Å². The van der Waals surface area contributed by atoms with Crippen molar-refractivity contribution in [1.29, 1.82) is 0 Å². The summed E-state index contributed by atoms with van der Waals surface area (Å²) in [5, 5.41) is 0. The molecule has 0 saturated carbocycles. The molecule has 0 aliphatic carbocycles. The van der Waals surface area contributed by atoms with Gasteiger partial charge in [0.1, 0.15) is 18.3 Å². The van der Waals surface area contributed by atoms with Crippen LogP contribution in [0.2, 0.25) is 0 Å². The first-order valence-corrected chi connectivity index (χ1v) is 8.43. The maximum atomic E-state index is 6.16. The highest BCUT2D eigenvalue weighted by atomic mass is 16.8. The van der Waals surface area contributed by atoms with E-state index in [4.69, 9.17) is 18.9 Å². The standard InChI is InChI=1S/C20H22O4/c1-14-17(21-12-15-8-4-2-5-9-15)18(19-20(23-14)24-19)22-13-16-10-6-3-7-11-16/h2-11,14,17-20H,12-13H2,1H3/t14-,17+,18+,19-,20-/m1/s1. The van der Waals surface area contributed by atoms with E-state index < -0.39 is 0 Å². The monoisotopic (exact) mass is 326 g/mol. The highest BCUT2D eigenvalue weighted by molar-refractivity contribution is 5.15. The highest BCUT2D eigenvalue weighted by Gasteiger charge is 2.57. The van der Waals surface area contributed by atoms with E-state index >= 15 is 0 Å². The summed E-state index contributed by atoms with van der Waals surface area (Å²) in [7, 11) is 0. The van der Waals surface area contributed by atoms with Crippen LogP contribution in [0, 0.1) is 0 Å². The lowest BCUT2D eigenvalue weighted by atomic mass is 10.0. The minimum Gasteiger partial charge on any atom is -0.368 e. The molecule has 0 radical (unpaired) electrons. The first-order valence-electron chi connectivity index (χ1n) is 8.43. The van der Waals surface area contributed by atoms with E-state index in [1.165, 1.54) is 0 Å². The van der Waals surface area contributed by atoms with Gasteiger partial charge in [0.2, 0.25) is 0 Å². The molecule has 0 bridgehead atoms. The van der Waals surface area contributed by atoms with E-state index in [-0.39, 0.29) is 30.7 Å². The second kappa shape index (κ2) is 7.03. The second-order valence-electron chi connectivity index (χ2n) is 6.33. The first-order chi connectivity index (χ1) is 11.8.